The van der Waals surface area contributed by atoms with E-state index in [0.717, 1.165) is 68.2 Å². The van der Waals surface area contributed by atoms with Gasteiger partial charge in [-0.3, -0.25) is 14.5 Å². The molecule has 0 bridgehead atoms. The highest BCUT2D eigenvalue weighted by Gasteiger charge is 2.33. The Balaban J connectivity index is 1.62. The van der Waals surface area contributed by atoms with E-state index in [-0.39, 0.29) is 17.9 Å². The number of nitrogens with zero attached hydrogens (tertiary/aromatic N) is 6. The van der Waals surface area contributed by atoms with Gasteiger partial charge >= 0.3 is 0 Å². The lowest BCUT2D eigenvalue weighted by atomic mass is 9.99. The predicted molar refractivity (Wildman–Crippen MR) is 115 cm³/mol. The van der Waals surface area contributed by atoms with Gasteiger partial charge in [-0.1, -0.05) is 0 Å². The molecule has 8 heteroatoms. The van der Waals surface area contributed by atoms with Crippen LogP contribution in [0.1, 0.15) is 62.2 Å². The quantitative estimate of drug-likeness (QED) is 0.745. The molecule has 0 unspecified atom stereocenters. The third-order valence-electron chi connectivity index (χ3n) is 6.60. The fourth-order valence-electron chi connectivity index (χ4n) is 4.92. The Kier molecular flexibility index (Phi) is 6.22. The summed E-state index contributed by atoms with van der Waals surface area (Å²) >= 11 is 0. The Bertz CT molecular complexity index is 805. The third-order valence-corrected chi connectivity index (χ3v) is 6.60. The number of hydrogen-bond acceptors (Lipinski definition) is 6. The van der Waals surface area contributed by atoms with Crippen molar-refractivity contribution in [1.29, 1.82) is 0 Å². The van der Waals surface area contributed by atoms with Crippen LogP contribution >= 0.6 is 0 Å². The average Bonchev–Trinajstić information content (AvgIpc) is 3.25. The standard InChI is InChI=1S/C22H34N6O2/c1-16(29)27-13-9-18-17(14-27)22(25(2)3)24-21(23-18)19-8-4-5-12-28(19)20(30)15-26-10-6-7-11-26/h19H,4-15H2,1-3H3/t19-/m1/s1. The van der Waals surface area contributed by atoms with Gasteiger partial charge in [0.1, 0.15) is 5.82 Å². The molecule has 8 nitrogen and oxygen atoms in total. The summed E-state index contributed by atoms with van der Waals surface area (Å²) < 4.78 is 0. The van der Waals surface area contributed by atoms with Crippen LogP contribution in [0, 0.1) is 0 Å². The van der Waals surface area contributed by atoms with Gasteiger partial charge in [-0.2, -0.15) is 0 Å². The molecule has 0 saturated carbocycles. The van der Waals surface area contributed by atoms with Crippen LogP contribution in [0.25, 0.3) is 0 Å². The van der Waals surface area contributed by atoms with E-state index in [4.69, 9.17) is 9.97 Å². The minimum Gasteiger partial charge on any atom is -0.362 e. The second-order valence-electron chi connectivity index (χ2n) is 9.00. The van der Waals surface area contributed by atoms with Crippen molar-refractivity contribution < 1.29 is 9.59 Å². The summed E-state index contributed by atoms with van der Waals surface area (Å²) in [5.74, 6) is 1.93. The van der Waals surface area contributed by atoms with Crippen LogP contribution in [0.2, 0.25) is 0 Å². The molecular weight excluding hydrogens is 380 g/mol. The molecule has 0 N–H and O–H groups in total. The normalized spacial score (nSPS) is 22.2. The monoisotopic (exact) mass is 414 g/mol. The van der Waals surface area contributed by atoms with E-state index in [0.29, 0.717) is 19.6 Å². The molecule has 1 atom stereocenters. The predicted octanol–water partition coefficient (Wildman–Crippen LogP) is 1.60. The number of amides is 2. The first kappa shape index (κ1) is 21.0. The van der Waals surface area contributed by atoms with Crippen LogP contribution in [-0.4, -0.2) is 83.3 Å². The number of likely N-dealkylation sites (tertiary alicyclic amines) is 2. The lowest BCUT2D eigenvalue weighted by Crippen LogP contribution is -2.44. The van der Waals surface area contributed by atoms with E-state index in [9.17, 15) is 9.59 Å². The lowest BCUT2D eigenvalue weighted by Gasteiger charge is -2.37. The van der Waals surface area contributed by atoms with Gasteiger partial charge in [0.2, 0.25) is 11.8 Å². The van der Waals surface area contributed by atoms with E-state index < -0.39 is 0 Å². The van der Waals surface area contributed by atoms with Crippen molar-refractivity contribution in [2.75, 3.05) is 51.7 Å². The van der Waals surface area contributed by atoms with Crippen molar-refractivity contribution in [2.24, 2.45) is 0 Å². The molecular formula is C22H34N6O2. The van der Waals surface area contributed by atoms with Crippen LogP contribution in [0.3, 0.4) is 0 Å². The van der Waals surface area contributed by atoms with Crippen molar-refractivity contribution in [3.63, 3.8) is 0 Å². The summed E-state index contributed by atoms with van der Waals surface area (Å²) in [7, 11) is 3.96. The number of carbonyl (C=O) groups excluding carboxylic acids is 2. The Morgan fingerprint density at radius 2 is 1.77 bits per heavy atom. The maximum atomic E-state index is 13.1. The van der Waals surface area contributed by atoms with E-state index in [1.54, 1.807) is 6.92 Å². The number of rotatable bonds is 4. The van der Waals surface area contributed by atoms with Gasteiger partial charge < -0.3 is 14.7 Å². The Morgan fingerprint density at radius 3 is 2.47 bits per heavy atom. The van der Waals surface area contributed by atoms with Gasteiger partial charge in [0.05, 0.1) is 24.8 Å². The topological polar surface area (TPSA) is 72.9 Å². The van der Waals surface area contributed by atoms with E-state index in [1.807, 2.05) is 28.8 Å². The maximum Gasteiger partial charge on any atom is 0.237 e. The second kappa shape index (κ2) is 8.88. The summed E-state index contributed by atoms with van der Waals surface area (Å²) in [4.78, 5) is 43.1. The Morgan fingerprint density at radius 1 is 1.03 bits per heavy atom. The van der Waals surface area contributed by atoms with Gasteiger partial charge in [-0.05, 0) is 45.2 Å². The third kappa shape index (κ3) is 4.29. The largest absolute Gasteiger partial charge is 0.362 e. The molecule has 164 valence electrons. The molecule has 3 aliphatic rings. The average molecular weight is 415 g/mol. The second-order valence-corrected chi connectivity index (χ2v) is 9.00. The fraction of sp³-hybridized carbons (Fsp3) is 0.727. The van der Waals surface area contributed by atoms with Crippen molar-refractivity contribution in [3.05, 3.63) is 17.1 Å². The summed E-state index contributed by atoms with van der Waals surface area (Å²) in [6, 6.07) is -0.0521. The molecule has 2 fully saturated rings. The van der Waals surface area contributed by atoms with Crippen molar-refractivity contribution >= 4 is 17.6 Å². The van der Waals surface area contributed by atoms with Crippen LogP contribution in [0.4, 0.5) is 5.82 Å². The summed E-state index contributed by atoms with van der Waals surface area (Å²) in [6.45, 7) is 6.20. The van der Waals surface area contributed by atoms with Crippen LogP contribution in [0.15, 0.2) is 0 Å². The minimum atomic E-state index is -0.0521. The van der Waals surface area contributed by atoms with Crippen LogP contribution < -0.4 is 4.90 Å². The molecule has 2 saturated heterocycles. The number of hydrogen-bond donors (Lipinski definition) is 0. The summed E-state index contributed by atoms with van der Waals surface area (Å²) in [6.07, 6.45) is 6.16. The lowest BCUT2D eigenvalue weighted by molar-refractivity contribution is -0.136. The van der Waals surface area contributed by atoms with Crippen LogP contribution in [0.5, 0.6) is 0 Å². The van der Waals surface area contributed by atoms with Crippen molar-refractivity contribution in [3.8, 4) is 0 Å². The molecule has 0 radical (unpaired) electrons. The smallest absolute Gasteiger partial charge is 0.237 e. The highest BCUT2D eigenvalue weighted by atomic mass is 16.2. The van der Waals surface area contributed by atoms with Gasteiger partial charge in [0.25, 0.3) is 0 Å². The zero-order chi connectivity index (χ0) is 21.3. The molecule has 30 heavy (non-hydrogen) atoms. The Labute approximate surface area is 179 Å². The van der Waals surface area contributed by atoms with Gasteiger partial charge in [-0.25, -0.2) is 9.97 Å². The van der Waals surface area contributed by atoms with Gasteiger partial charge in [0.15, 0.2) is 5.82 Å². The zero-order valence-corrected chi connectivity index (χ0v) is 18.6. The fourth-order valence-corrected chi connectivity index (χ4v) is 4.92. The molecule has 0 aromatic carbocycles. The number of carbonyl (C=O) groups is 2. The zero-order valence-electron chi connectivity index (χ0n) is 18.6. The van der Waals surface area contributed by atoms with E-state index in [1.165, 1.54) is 12.8 Å². The molecule has 4 heterocycles. The maximum absolute atomic E-state index is 13.1. The Hall–Kier alpha value is -2.22. The highest BCUT2D eigenvalue weighted by molar-refractivity contribution is 5.79. The van der Waals surface area contributed by atoms with Crippen molar-refractivity contribution in [1.82, 2.24) is 24.7 Å². The summed E-state index contributed by atoms with van der Waals surface area (Å²) in [5.41, 5.74) is 2.06. The molecule has 2 amide bonds. The number of anilines is 1. The molecule has 3 aliphatic heterocycles. The SMILES string of the molecule is CC(=O)N1CCc2nc([C@H]3CCCCN3C(=O)CN3CCCC3)nc(N(C)C)c2C1. The molecule has 1 aromatic heterocycles. The number of fused-ring (bicyclic) bond motifs is 1. The molecule has 1 aromatic rings. The minimum absolute atomic E-state index is 0.0521. The molecule has 0 spiro atoms. The van der Waals surface area contributed by atoms with E-state index in [2.05, 4.69) is 4.90 Å². The highest BCUT2D eigenvalue weighted by Crippen LogP contribution is 2.33. The first-order chi connectivity index (χ1) is 14.4. The van der Waals surface area contributed by atoms with Crippen molar-refractivity contribution in [2.45, 2.75) is 58.0 Å². The summed E-state index contributed by atoms with van der Waals surface area (Å²) in [5, 5.41) is 0. The number of aromatic nitrogens is 2. The number of piperidine rings is 1. The van der Waals surface area contributed by atoms with Gasteiger partial charge in [-0.15, -0.1) is 0 Å². The molecule has 4 rings (SSSR count). The van der Waals surface area contributed by atoms with E-state index >= 15 is 0 Å². The van der Waals surface area contributed by atoms with Gasteiger partial charge in [0, 0.05) is 46.1 Å². The first-order valence-corrected chi connectivity index (χ1v) is 11.3. The molecule has 0 aliphatic carbocycles. The van der Waals surface area contributed by atoms with Crippen LogP contribution in [-0.2, 0) is 22.6 Å². The first-order valence-electron chi connectivity index (χ1n) is 11.3.